The molecule has 0 aliphatic heterocycles. The highest BCUT2D eigenvalue weighted by atomic mass is 19.4. The molecule has 2 rings (SSSR count). The first kappa shape index (κ1) is 16.7. The number of hydrogen-bond acceptors (Lipinski definition) is 0. The molecule has 1 aliphatic carbocycles. The number of alkyl halides is 3. The summed E-state index contributed by atoms with van der Waals surface area (Å²) in [5, 5.41) is 0. The molecule has 0 N–H and O–H groups in total. The standard InChI is InChI=1S/C19H21F3/c1-2-15-7-9-16(10-8-15)5-3-4-6-17-11-13-18(14-12-17)19(20,21)22/h3,5,11-16H,2,7-10H2,1H3/t15-,16-. The molecule has 1 fully saturated rings. The second-order valence-electron chi connectivity index (χ2n) is 5.89. The predicted molar refractivity (Wildman–Crippen MR) is 83.2 cm³/mol. The molecule has 0 aromatic heterocycles. The Morgan fingerprint density at radius 3 is 2.27 bits per heavy atom. The molecular weight excluding hydrogens is 285 g/mol. The van der Waals surface area contributed by atoms with Crippen LogP contribution < -0.4 is 0 Å². The van der Waals surface area contributed by atoms with Gasteiger partial charge in [-0.3, -0.25) is 0 Å². The van der Waals surface area contributed by atoms with Gasteiger partial charge in [-0.1, -0.05) is 31.3 Å². The first-order valence-corrected chi connectivity index (χ1v) is 7.84. The summed E-state index contributed by atoms with van der Waals surface area (Å²) in [6.45, 7) is 2.25. The quantitative estimate of drug-likeness (QED) is 0.603. The molecule has 0 radical (unpaired) electrons. The largest absolute Gasteiger partial charge is 0.416 e. The smallest absolute Gasteiger partial charge is 0.166 e. The summed E-state index contributed by atoms with van der Waals surface area (Å²) < 4.78 is 37.3. The van der Waals surface area contributed by atoms with E-state index in [4.69, 9.17) is 0 Å². The second-order valence-corrected chi connectivity index (χ2v) is 5.89. The number of benzene rings is 1. The van der Waals surface area contributed by atoms with Crippen molar-refractivity contribution in [2.45, 2.75) is 45.2 Å². The first-order valence-electron chi connectivity index (χ1n) is 7.84. The maximum absolute atomic E-state index is 12.4. The van der Waals surface area contributed by atoms with Gasteiger partial charge in [0.2, 0.25) is 0 Å². The van der Waals surface area contributed by atoms with Crippen LogP contribution in [0.3, 0.4) is 0 Å². The van der Waals surface area contributed by atoms with E-state index in [2.05, 4.69) is 24.8 Å². The van der Waals surface area contributed by atoms with Crippen molar-refractivity contribution < 1.29 is 13.2 Å². The summed E-state index contributed by atoms with van der Waals surface area (Å²) in [7, 11) is 0. The highest BCUT2D eigenvalue weighted by Crippen LogP contribution is 2.31. The lowest BCUT2D eigenvalue weighted by Crippen LogP contribution is -2.11. The van der Waals surface area contributed by atoms with Crippen molar-refractivity contribution in [1.82, 2.24) is 0 Å². The normalized spacial score (nSPS) is 22.4. The fourth-order valence-corrected chi connectivity index (χ4v) is 2.84. The van der Waals surface area contributed by atoms with Crippen molar-refractivity contribution in [3.8, 4) is 11.8 Å². The first-order chi connectivity index (χ1) is 10.5. The van der Waals surface area contributed by atoms with E-state index in [1.807, 2.05) is 6.08 Å². The Morgan fingerprint density at radius 1 is 1.09 bits per heavy atom. The molecule has 1 aromatic rings. The molecule has 0 atom stereocenters. The average Bonchev–Trinajstić information content (AvgIpc) is 2.52. The van der Waals surface area contributed by atoms with Crippen molar-refractivity contribution in [3.05, 3.63) is 47.5 Å². The van der Waals surface area contributed by atoms with Crippen LogP contribution in [0.15, 0.2) is 36.4 Å². The maximum atomic E-state index is 12.4. The second kappa shape index (κ2) is 7.54. The lowest BCUT2D eigenvalue weighted by atomic mass is 9.81. The minimum absolute atomic E-state index is 0.602. The number of hydrogen-bond donors (Lipinski definition) is 0. The molecule has 22 heavy (non-hydrogen) atoms. The SMILES string of the molecule is CC[C@H]1CC[C@H](C=CC#Cc2ccc(C(F)(F)F)cc2)CC1. The Hall–Kier alpha value is -1.69. The van der Waals surface area contributed by atoms with Gasteiger partial charge in [0, 0.05) is 5.56 Å². The maximum Gasteiger partial charge on any atom is 0.416 e. The summed E-state index contributed by atoms with van der Waals surface area (Å²) in [6, 6.07) is 4.96. The summed E-state index contributed by atoms with van der Waals surface area (Å²) in [4.78, 5) is 0. The van der Waals surface area contributed by atoms with Gasteiger partial charge in [-0.05, 0) is 67.9 Å². The fourth-order valence-electron chi connectivity index (χ4n) is 2.84. The van der Waals surface area contributed by atoms with Gasteiger partial charge in [-0.2, -0.15) is 13.2 Å². The minimum Gasteiger partial charge on any atom is -0.166 e. The van der Waals surface area contributed by atoms with E-state index in [0.29, 0.717) is 11.5 Å². The molecule has 0 amide bonds. The van der Waals surface area contributed by atoms with Crippen LogP contribution in [0.5, 0.6) is 0 Å². The lowest BCUT2D eigenvalue weighted by molar-refractivity contribution is -0.137. The highest BCUT2D eigenvalue weighted by molar-refractivity contribution is 5.39. The lowest BCUT2D eigenvalue weighted by Gasteiger charge is -2.25. The average molecular weight is 306 g/mol. The van der Waals surface area contributed by atoms with Crippen molar-refractivity contribution in [3.63, 3.8) is 0 Å². The summed E-state index contributed by atoms with van der Waals surface area (Å²) in [5.41, 5.74) is -0.0337. The van der Waals surface area contributed by atoms with Gasteiger partial charge in [0.05, 0.1) is 5.56 Å². The van der Waals surface area contributed by atoms with Crippen LogP contribution in [0.4, 0.5) is 13.2 Å². The van der Waals surface area contributed by atoms with Crippen LogP contribution in [0.2, 0.25) is 0 Å². The molecule has 1 aliphatic rings. The third-order valence-electron chi connectivity index (χ3n) is 4.35. The molecule has 118 valence electrons. The minimum atomic E-state index is -4.29. The Kier molecular flexibility index (Phi) is 5.71. The zero-order valence-corrected chi connectivity index (χ0v) is 12.8. The van der Waals surface area contributed by atoms with Gasteiger partial charge < -0.3 is 0 Å². The summed E-state index contributed by atoms with van der Waals surface area (Å²) >= 11 is 0. The van der Waals surface area contributed by atoms with E-state index in [-0.39, 0.29) is 0 Å². The molecule has 3 heteroatoms. The zero-order valence-electron chi connectivity index (χ0n) is 12.8. The Morgan fingerprint density at radius 2 is 1.73 bits per heavy atom. The topological polar surface area (TPSA) is 0 Å². The Labute approximate surface area is 130 Å². The van der Waals surface area contributed by atoms with Gasteiger partial charge in [-0.15, -0.1) is 0 Å². The third kappa shape index (κ3) is 4.94. The molecule has 1 aromatic carbocycles. The summed E-state index contributed by atoms with van der Waals surface area (Å²) in [6.07, 6.45) is 5.98. The van der Waals surface area contributed by atoms with Gasteiger partial charge in [0.15, 0.2) is 0 Å². The monoisotopic (exact) mass is 306 g/mol. The molecule has 0 heterocycles. The van der Waals surface area contributed by atoms with Gasteiger partial charge in [-0.25, -0.2) is 0 Å². The number of allylic oxidation sites excluding steroid dienone is 2. The van der Waals surface area contributed by atoms with Gasteiger partial charge in [0.25, 0.3) is 0 Å². The molecular formula is C19H21F3. The molecule has 0 unspecified atom stereocenters. The van der Waals surface area contributed by atoms with Crippen molar-refractivity contribution in [2.24, 2.45) is 11.8 Å². The zero-order chi connectivity index (χ0) is 16.0. The molecule has 0 nitrogen and oxygen atoms in total. The molecule has 1 saturated carbocycles. The van der Waals surface area contributed by atoms with E-state index in [1.165, 1.54) is 44.2 Å². The van der Waals surface area contributed by atoms with Gasteiger partial charge in [0.1, 0.15) is 0 Å². The van der Waals surface area contributed by atoms with Crippen LogP contribution in [0.25, 0.3) is 0 Å². The van der Waals surface area contributed by atoms with Gasteiger partial charge >= 0.3 is 6.18 Å². The highest BCUT2D eigenvalue weighted by Gasteiger charge is 2.29. The molecule has 0 spiro atoms. The van der Waals surface area contributed by atoms with Crippen LogP contribution in [0.1, 0.15) is 50.2 Å². The fraction of sp³-hybridized carbons (Fsp3) is 0.474. The van der Waals surface area contributed by atoms with Crippen molar-refractivity contribution in [1.29, 1.82) is 0 Å². The molecule has 0 bridgehead atoms. The number of halogens is 3. The Bertz CT molecular complexity index is 547. The number of rotatable bonds is 2. The van der Waals surface area contributed by atoms with E-state index < -0.39 is 11.7 Å². The predicted octanol–water partition coefficient (Wildman–Crippen LogP) is 5.83. The van der Waals surface area contributed by atoms with E-state index >= 15 is 0 Å². The summed E-state index contributed by atoms with van der Waals surface area (Å²) in [5.74, 6) is 7.28. The van der Waals surface area contributed by atoms with E-state index in [9.17, 15) is 13.2 Å². The third-order valence-corrected chi connectivity index (χ3v) is 4.35. The van der Waals surface area contributed by atoms with Crippen LogP contribution in [0, 0.1) is 23.7 Å². The Balaban J connectivity index is 1.87. The van der Waals surface area contributed by atoms with Crippen molar-refractivity contribution >= 4 is 0 Å². The van der Waals surface area contributed by atoms with E-state index in [0.717, 1.165) is 18.1 Å². The van der Waals surface area contributed by atoms with Crippen LogP contribution in [-0.2, 0) is 6.18 Å². The van der Waals surface area contributed by atoms with Crippen molar-refractivity contribution in [2.75, 3.05) is 0 Å². The van der Waals surface area contributed by atoms with E-state index in [1.54, 1.807) is 0 Å². The molecule has 0 saturated heterocycles. The van der Waals surface area contributed by atoms with Crippen LogP contribution >= 0.6 is 0 Å². The van der Waals surface area contributed by atoms with Crippen LogP contribution in [-0.4, -0.2) is 0 Å².